The number of aromatic nitrogens is 3. The zero-order valence-corrected chi connectivity index (χ0v) is 15.8. The van der Waals surface area contributed by atoms with Gasteiger partial charge in [0.1, 0.15) is 16.8 Å². The molecule has 5 rings (SSSR count). The first-order valence-corrected chi connectivity index (χ1v) is 9.23. The van der Waals surface area contributed by atoms with E-state index in [1.54, 1.807) is 36.7 Å². The summed E-state index contributed by atoms with van der Waals surface area (Å²) in [5.74, 6) is 0.585. The summed E-state index contributed by atoms with van der Waals surface area (Å²) in [6.45, 7) is 3.45. The van der Waals surface area contributed by atoms with Crippen LogP contribution in [0.5, 0.6) is 11.6 Å². The van der Waals surface area contributed by atoms with Crippen LogP contribution in [0.4, 0.5) is 5.69 Å². The Hall–Kier alpha value is -4.39. The predicted molar refractivity (Wildman–Crippen MR) is 114 cm³/mol. The Balaban J connectivity index is 1.48. The highest BCUT2D eigenvalue weighted by molar-refractivity contribution is 5.99. The molecule has 0 spiro atoms. The molecular formula is C23H16N4O3. The lowest BCUT2D eigenvalue weighted by Crippen LogP contribution is -2.07. The second-order valence-corrected chi connectivity index (χ2v) is 6.60. The molecule has 2 aromatic carbocycles. The van der Waals surface area contributed by atoms with Crippen molar-refractivity contribution in [1.82, 2.24) is 15.0 Å². The smallest absolute Gasteiger partial charge is 0.247 e. The lowest BCUT2D eigenvalue weighted by Gasteiger charge is -2.07. The van der Waals surface area contributed by atoms with Crippen LogP contribution in [0.3, 0.4) is 0 Å². The van der Waals surface area contributed by atoms with Gasteiger partial charge in [0.25, 0.3) is 0 Å². The SMILES string of the molecule is C=CC(=O)Nc1cccc(Oc2cnc3[nH]cc(-c4ccc5occc5c4)c3n2)c1. The quantitative estimate of drug-likeness (QED) is 0.394. The van der Waals surface area contributed by atoms with Gasteiger partial charge in [0, 0.05) is 28.9 Å². The van der Waals surface area contributed by atoms with E-state index in [0.29, 0.717) is 28.5 Å². The van der Waals surface area contributed by atoms with E-state index >= 15 is 0 Å². The fraction of sp³-hybridized carbons (Fsp3) is 0. The van der Waals surface area contributed by atoms with Crippen molar-refractivity contribution in [2.75, 3.05) is 5.32 Å². The van der Waals surface area contributed by atoms with E-state index in [1.165, 1.54) is 6.08 Å². The fourth-order valence-corrected chi connectivity index (χ4v) is 3.23. The average molecular weight is 396 g/mol. The Bertz CT molecular complexity index is 1400. The highest BCUT2D eigenvalue weighted by Crippen LogP contribution is 2.31. The second kappa shape index (κ2) is 7.21. The van der Waals surface area contributed by atoms with Crippen molar-refractivity contribution < 1.29 is 13.9 Å². The van der Waals surface area contributed by atoms with E-state index in [2.05, 4.69) is 26.8 Å². The third kappa shape index (κ3) is 3.29. The van der Waals surface area contributed by atoms with Crippen molar-refractivity contribution in [3.8, 4) is 22.8 Å². The number of rotatable bonds is 5. The molecule has 5 aromatic rings. The molecule has 3 aromatic heterocycles. The van der Waals surface area contributed by atoms with E-state index in [0.717, 1.165) is 22.1 Å². The van der Waals surface area contributed by atoms with Gasteiger partial charge >= 0.3 is 0 Å². The summed E-state index contributed by atoms with van der Waals surface area (Å²) in [4.78, 5) is 23.7. The number of amides is 1. The number of hydrogen-bond acceptors (Lipinski definition) is 5. The number of anilines is 1. The lowest BCUT2D eigenvalue weighted by atomic mass is 10.1. The van der Waals surface area contributed by atoms with Crippen molar-refractivity contribution in [2.45, 2.75) is 0 Å². The zero-order chi connectivity index (χ0) is 20.5. The number of furan rings is 1. The molecule has 7 heteroatoms. The largest absolute Gasteiger partial charge is 0.464 e. The molecule has 0 atom stereocenters. The summed E-state index contributed by atoms with van der Waals surface area (Å²) in [6.07, 6.45) is 6.31. The van der Waals surface area contributed by atoms with E-state index in [-0.39, 0.29) is 5.91 Å². The normalized spacial score (nSPS) is 10.9. The average Bonchev–Trinajstić information content (AvgIpc) is 3.40. The first-order chi connectivity index (χ1) is 14.7. The number of ether oxygens (including phenoxy) is 1. The van der Waals surface area contributed by atoms with Gasteiger partial charge in [-0.05, 0) is 42.0 Å². The molecule has 0 radical (unpaired) electrons. The first kappa shape index (κ1) is 17.7. The van der Waals surface area contributed by atoms with Crippen molar-refractivity contribution in [1.29, 1.82) is 0 Å². The van der Waals surface area contributed by atoms with Crippen LogP contribution in [0, 0.1) is 0 Å². The molecule has 146 valence electrons. The predicted octanol–water partition coefficient (Wildman–Crippen LogP) is 5.29. The molecule has 0 saturated carbocycles. The maximum Gasteiger partial charge on any atom is 0.247 e. The van der Waals surface area contributed by atoms with Gasteiger partial charge in [-0.15, -0.1) is 0 Å². The molecule has 2 N–H and O–H groups in total. The molecule has 0 bridgehead atoms. The minimum absolute atomic E-state index is 0.292. The van der Waals surface area contributed by atoms with Crippen LogP contribution in [-0.2, 0) is 4.79 Å². The van der Waals surface area contributed by atoms with Crippen LogP contribution in [0.2, 0.25) is 0 Å². The van der Waals surface area contributed by atoms with Gasteiger partial charge in [-0.3, -0.25) is 4.79 Å². The Morgan fingerprint density at radius 2 is 2.13 bits per heavy atom. The maximum atomic E-state index is 11.5. The van der Waals surface area contributed by atoms with Gasteiger partial charge < -0.3 is 19.5 Å². The van der Waals surface area contributed by atoms with Crippen LogP contribution >= 0.6 is 0 Å². The van der Waals surface area contributed by atoms with Crippen LogP contribution in [0.1, 0.15) is 0 Å². The molecular weight excluding hydrogens is 380 g/mol. The summed E-state index contributed by atoms with van der Waals surface area (Å²) < 4.78 is 11.3. The molecule has 7 nitrogen and oxygen atoms in total. The highest BCUT2D eigenvalue weighted by atomic mass is 16.5. The Morgan fingerprint density at radius 3 is 3.03 bits per heavy atom. The maximum absolute atomic E-state index is 11.5. The number of hydrogen-bond donors (Lipinski definition) is 2. The zero-order valence-electron chi connectivity index (χ0n) is 15.8. The summed E-state index contributed by atoms with van der Waals surface area (Å²) in [5.41, 5.74) is 4.70. The Morgan fingerprint density at radius 1 is 1.20 bits per heavy atom. The lowest BCUT2D eigenvalue weighted by molar-refractivity contribution is -0.111. The summed E-state index contributed by atoms with van der Waals surface area (Å²) >= 11 is 0. The minimum Gasteiger partial charge on any atom is -0.464 e. The Kier molecular flexibility index (Phi) is 4.25. The number of nitrogens with one attached hydrogen (secondary N) is 2. The van der Waals surface area contributed by atoms with Gasteiger partial charge in [0.05, 0.1) is 12.5 Å². The van der Waals surface area contributed by atoms with Gasteiger partial charge in [-0.1, -0.05) is 18.7 Å². The molecule has 0 saturated heterocycles. The molecule has 0 fully saturated rings. The summed E-state index contributed by atoms with van der Waals surface area (Å²) in [7, 11) is 0. The topological polar surface area (TPSA) is 93.0 Å². The van der Waals surface area contributed by atoms with E-state index < -0.39 is 0 Å². The molecule has 1 amide bonds. The van der Waals surface area contributed by atoms with Crippen molar-refractivity contribution in [2.24, 2.45) is 0 Å². The highest BCUT2D eigenvalue weighted by Gasteiger charge is 2.12. The molecule has 3 heterocycles. The number of carbonyl (C=O) groups is 1. The third-order valence-corrected chi connectivity index (χ3v) is 4.63. The van der Waals surface area contributed by atoms with Gasteiger partial charge in [-0.25, -0.2) is 9.97 Å². The van der Waals surface area contributed by atoms with Crippen LogP contribution < -0.4 is 10.1 Å². The molecule has 0 aliphatic carbocycles. The molecule has 30 heavy (non-hydrogen) atoms. The molecule has 0 aliphatic rings. The fourth-order valence-electron chi connectivity index (χ4n) is 3.23. The van der Waals surface area contributed by atoms with Crippen molar-refractivity contribution in [3.05, 3.63) is 79.8 Å². The third-order valence-electron chi connectivity index (χ3n) is 4.63. The van der Waals surface area contributed by atoms with E-state index in [4.69, 9.17) is 9.15 Å². The van der Waals surface area contributed by atoms with Crippen LogP contribution in [-0.4, -0.2) is 20.9 Å². The van der Waals surface area contributed by atoms with Gasteiger partial charge in [-0.2, -0.15) is 0 Å². The Labute approximate surface area is 171 Å². The standard InChI is InChI=1S/C23H16N4O3/c1-2-20(28)26-16-4-3-5-17(11-16)30-21-13-25-23-22(27-21)18(12-24-23)14-6-7-19-15(10-14)8-9-29-19/h2-13H,1H2,(H,24,25)(H,26,28). The number of carbonyl (C=O) groups excluding carboxylic acids is 1. The summed E-state index contributed by atoms with van der Waals surface area (Å²) in [6, 6.07) is 14.9. The van der Waals surface area contributed by atoms with E-state index in [9.17, 15) is 4.79 Å². The monoisotopic (exact) mass is 396 g/mol. The van der Waals surface area contributed by atoms with Crippen LogP contribution in [0.15, 0.2) is 84.3 Å². The van der Waals surface area contributed by atoms with Crippen LogP contribution in [0.25, 0.3) is 33.3 Å². The minimum atomic E-state index is -0.292. The van der Waals surface area contributed by atoms with Crippen molar-refractivity contribution >= 4 is 33.7 Å². The number of H-pyrrole nitrogens is 1. The molecule has 0 unspecified atom stereocenters. The van der Waals surface area contributed by atoms with E-state index in [1.807, 2.05) is 30.5 Å². The number of benzene rings is 2. The number of fused-ring (bicyclic) bond motifs is 2. The first-order valence-electron chi connectivity index (χ1n) is 9.23. The number of nitrogens with zero attached hydrogens (tertiary/aromatic N) is 2. The molecule has 0 aliphatic heterocycles. The van der Waals surface area contributed by atoms with Gasteiger partial charge in [0.2, 0.25) is 11.8 Å². The number of aromatic amines is 1. The van der Waals surface area contributed by atoms with Gasteiger partial charge in [0.15, 0.2) is 5.65 Å². The summed E-state index contributed by atoms with van der Waals surface area (Å²) in [5, 5.41) is 3.71. The second-order valence-electron chi connectivity index (χ2n) is 6.60. The van der Waals surface area contributed by atoms with Crippen molar-refractivity contribution in [3.63, 3.8) is 0 Å².